The summed E-state index contributed by atoms with van der Waals surface area (Å²) in [7, 11) is 0. The van der Waals surface area contributed by atoms with E-state index in [0.29, 0.717) is 25.9 Å². The highest BCUT2D eigenvalue weighted by Crippen LogP contribution is 2.15. The second-order valence-corrected chi connectivity index (χ2v) is 4.68. The second kappa shape index (κ2) is 6.35. The van der Waals surface area contributed by atoms with Crippen molar-refractivity contribution >= 4 is 11.9 Å². The van der Waals surface area contributed by atoms with Gasteiger partial charge in [-0.1, -0.05) is 0 Å². The first-order chi connectivity index (χ1) is 9.97. The molecule has 1 aliphatic rings. The van der Waals surface area contributed by atoms with Crippen molar-refractivity contribution in [1.29, 1.82) is 0 Å². The zero-order valence-corrected chi connectivity index (χ0v) is 11.1. The van der Waals surface area contributed by atoms with Crippen LogP contribution in [0.5, 0.6) is 0 Å². The van der Waals surface area contributed by atoms with Gasteiger partial charge in [-0.2, -0.15) is 0 Å². The minimum atomic E-state index is -1.03. The van der Waals surface area contributed by atoms with E-state index in [9.17, 15) is 19.2 Å². The molecule has 2 heterocycles. The number of carbonyl (C=O) groups is 2. The van der Waals surface area contributed by atoms with E-state index in [1.54, 1.807) is 0 Å². The Morgan fingerprint density at radius 2 is 2.00 bits per heavy atom. The SMILES string of the molecule is O=C(O)COC1CCN(C(=O)c2c[nH]c(=O)[nH]c2=O)CC1. The summed E-state index contributed by atoms with van der Waals surface area (Å²) in [6.45, 7) is 0.363. The van der Waals surface area contributed by atoms with Crippen LogP contribution in [0.15, 0.2) is 15.8 Å². The number of piperidine rings is 1. The number of H-pyrrole nitrogens is 2. The molecule has 9 heteroatoms. The van der Waals surface area contributed by atoms with Crippen LogP contribution in [0.4, 0.5) is 0 Å². The van der Waals surface area contributed by atoms with E-state index in [0.717, 1.165) is 6.20 Å². The minimum Gasteiger partial charge on any atom is -0.480 e. The van der Waals surface area contributed by atoms with E-state index in [1.807, 2.05) is 4.98 Å². The van der Waals surface area contributed by atoms with Gasteiger partial charge in [-0.05, 0) is 12.8 Å². The Morgan fingerprint density at radius 3 is 2.57 bits per heavy atom. The molecule has 2 rings (SSSR count). The summed E-state index contributed by atoms with van der Waals surface area (Å²) in [5, 5.41) is 8.53. The molecule has 0 saturated carbocycles. The lowest BCUT2D eigenvalue weighted by Crippen LogP contribution is -2.43. The smallest absolute Gasteiger partial charge is 0.329 e. The van der Waals surface area contributed by atoms with Gasteiger partial charge in [-0.25, -0.2) is 9.59 Å². The van der Waals surface area contributed by atoms with Crippen LogP contribution in [0.2, 0.25) is 0 Å². The van der Waals surface area contributed by atoms with Crippen molar-refractivity contribution in [3.05, 3.63) is 32.6 Å². The maximum atomic E-state index is 12.2. The van der Waals surface area contributed by atoms with Crippen LogP contribution in [0, 0.1) is 0 Å². The first-order valence-electron chi connectivity index (χ1n) is 6.42. The van der Waals surface area contributed by atoms with Gasteiger partial charge in [0.2, 0.25) is 0 Å². The van der Waals surface area contributed by atoms with E-state index in [-0.39, 0.29) is 18.3 Å². The normalized spacial score (nSPS) is 15.9. The van der Waals surface area contributed by atoms with Gasteiger partial charge in [0, 0.05) is 19.3 Å². The van der Waals surface area contributed by atoms with Gasteiger partial charge in [-0.15, -0.1) is 0 Å². The van der Waals surface area contributed by atoms with Gasteiger partial charge >= 0.3 is 11.7 Å². The van der Waals surface area contributed by atoms with Crippen molar-refractivity contribution in [2.24, 2.45) is 0 Å². The molecule has 0 atom stereocenters. The van der Waals surface area contributed by atoms with Crippen LogP contribution in [0.1, 0.15) is 23.2 Å². The number of hydrogen-bond acceptors (Lipinski definition) is 5. The molecule has 1 saturated heterocycles. The molecule has 0 spiro atoms. The van der Waals surface area contributed by atoms with E-state index < -0.39 is 23.1 Å². The quantitative estimate of drug-likeness (QED) is 0.637. The number of aromatic nitrogens is 2. The highest BCUT2D eigenvalue weighted by Gasteiger charge is 2.26. The molecular weight excluding hydrogens is 282 g/mol. The van der Waals surface area contributed by atoms with Crippen molar-refractivity contribution in [2.45, 2.75) is 18.9 Å². The number of aliphatic carboxylic acids is 1. The number of nitrogens with zero attached hydrogens (tertiary/aromatic N) is 1. The number of ether oxygens (including phenoxy) is 1. The summed E-state index contributed by atoms with van der Waals surface area (Å²) in [6.07, 6.45) is 1.89. The third-order valence-electron chi connectivity index (χ3n) is 3.22. The maximum Gasteiger partial charge on any atom is 0.329 e. The molecule has 0 bridgehead atoms. The summed E-state index contributed by atoms with van der Waals surface area (Å²) in [6, 6.07) is 0. The molecule has 0 aromatic carbocycles. The molecule has 21 heavy (non-hydrogen) atoms. The summed E-state index contributed by atoms with van der Waals surface area (Å²) in [4.78, 5) is 50.8. The van der Waals surface area contributed by atoms with Crippen LogP contribution < -0.4 is 11.2 Å². The molecule has 0 unspecified atom stereocenters. The molecule has 1 aromatic rings. The van der Waals surface area contributed by atoms with Gasteiger partial charge in [0.15, 0.2) is 0 Å². The fourth-order valence-electron chi connectivity index (χ4n) is 2.15. The van der Waals surface area contributed by atoms with Crippen LogP contribution >= 0.6 is 0 Å². The number of amides is 1. The van der Waals surface area contributed by atoms with Crippen molar-refractivity contribution in [2.75, 3.05) is 19.7 Å². The number of rotatable bonds is 4. The fourth-order valence-corrected chi connectivity index (χ4v) is 2.15. The second-order valence-electron chi connectivity index (χ2n) is 4.68. The predicted octanol–water partition coefficient (Wildman–Crippen LogP) is -1.23. The van der Waals surface area contributed by atoms with E-state index in [1.165, 1.54) is 4.90 Å². The molecule has 9 nitrogen and oxygen atoms in total. The van der Waals surface area contributed by atoms with Gasteiger partial charge in [-0.3, -0.25) is 14.6 Å². The number of nitrogens with one attached hydrogen (secondary N) is 2. The van der Waals surface area contributed by atoms with E-state index >= 15 is 0 Å². The Balaban J connectivity index is 1.95. The Kier molecular flexibility index (Phi) is 4.53. The van der Waals surface area contributed by atoms with Gasteiger partial charge < -0.3 is 19.7 Å². The average Bonchev–Trinajstić information content (AvgIpc) is 2.45. The molecular formula is C12H15N3O6. The van der Waals surface area contributed by atoms with Crippen LogP contribution in [-0.2, 0) is 9.53 Å². The number of likely N-dealkylation sites (tertiary alicyclic amines) is 1. The van der Waals surface area contributed by atoms with Crippen molar-refractivity contribution in [3.8, 4) is 0 Å². The third-order valence-corrected chi connectivity index (χ3v) is 3.22. The first kappa shape index (κ1) is 15.0. The largest absolute Gasteiger partial charge is 0.480 e. The van der Waals surface area contributed by atoms with Crippen molar-refractivity contribution < 1.29 is 19.4 Å². The summed E-state index contributed by atoms with van der Waals surface area (Å²) in [5.74, 6) is -1.50. The molecule has 1 aromatic heterocycles. The number of carboxylic acid groups (broad SMARTS) is 1. The zero-order chi connectivity index (χ0) is 15.4. The fraction of sp³-hybridized carbons (Fsp3) is 0.500. The molecule has 1 amide bonds. The number of carbonyl (C=O) groups excluding carboxylic acids is 1. The van der Waals surface area contributed by atoms with E-state index in [4.69, 9.17) is 9.84 Å². The standard InChI is InChI=1S/C12H15N3O6/c16-9(17)6-21-7-1-3-15(4-2-7)11(19)8-5-13-12(20)14-10(8)18/h5,7H,1-4,6H2,(H,16,17)(H2,13,14,18,20). The van der Waals surface area contributed by atoms with Gasteiger partial charge in [0.1, 0.15) is 12.2 Å². The highest BCUT2D eigenvalue weighted by atomic mass is 16.5. The number of hydrogen-bond donors (Lipinski definition) is 3. The Labute approximate surface area is 118 Å². The zero-order valence-electron chi connectivity index (χ0n) is 11.1. The summed E-state index contributed by atoms with van der Waals surface area (Å²) in [5.41, 5.74) is -1.52. The topological polar surface area (TPSA) is 133 Å². The van der Waals surface area contributed by atoms with E-state index in [2.05, 4.69) is 4.98 Å². The maximum absolute atomic E-state index is 12.2. The average molecular weight is 297 g/mol. The summed E-state index contributed by atoms with van der Waals surface area (Å²) >= 11 is 0. The Bertz CT molecular complexity index is 641. The van der Waals surface area contributed by atoms with Crippen molar-refractivity contribution in [1.82, 2.24) is 14.9 Å². The highest BCUT2D eigenvalue weighted by molar-refractivity contribution is 5.93. The number of aromatic amines is 2. The van der Waals surface area contributed by atoms with Gasteiger partial charge in [0.25, 0.3) is 11.5 Å². The predicted molar refractivity (Wildman–Crippen MR) is 70.2 cm³/mol. The van der Waals surface area contributed by atoms with Crippen molar-refractivity contribution in [3.63, 3.8) is 0 Å². The van der Waals surface area contributed by atoms with Crippen LogP contribution in [-0.4, -0.2) is 57.7 Å². The van der Waals surface area contributed by atoms with Crippen LogP contribution in [0.25, 0.3) is 0 Å². The molecule has 1 aliphatic heterocycles. The molecule has 0 radical (unpaired) electrons. The molecule has 0 aliphatic carbocycles. The molecule has 3 N–H and O–H groups in total. The minimum absolute atomic E-state index is 0.125. The number of carboxylic acids is 1. The monoisotopic (exact) mass is 297 g/mol. The lowest BCUT2D eigenvalue weighted by molar-refractivity contribution is -0.145. The lowest BCUT2D eigenvalue weighted by atomic mass is 10.1. The Morgan fingerprint density at radius 1 is 1.33 bits per heavy atom. The van der Waals surface area contributed by atoms with Crippen LogP contribution in [0.3, 0.4) is 0 Å². The lowest BCUT2D eigenvalue weighted by Gasteiger charge is -2.31. The Hall–Kier alpha value is -2.42. The summed E-state index contributed by atoms with van der Waals surface area (Å²) < 4.78 is 5.16. The molecule has 1 fully saturated rings. The third kappa shape index (κ3) is 3.78. The first-order valence-corrected chi connectivity index (χ1v) is 6.42. The van der Waals surface area contributed by atoms with Gasteiger partial charge in [0.05, 0.1) is 6.10 Å². The molecule has 114 valence electrons.